The van der Waals surface area contributed by atoms with Crippen molar-refractivity contribution in [1.82, 2.24) is 9.71 Å². The number of aliphatic hydroxyl groups excluding tert-OH is 1. The molecule has 4 rings (SSSR count). The minimum atomic E-state index is -3.33. The molecule has 1 aliphatic heterocycles. The van der Waals surface area contributed by atoms with Crippen LogP contribution in [0.15, 0.2) is 42.6 Å². The van der Waals surface area contributed by atoms with E-state index in [1.807, 2.05) is 13.0 Å². The van der Waals surface area contributed by atoms with Crippen LogP contribution in [0.2, 0.25) is 0 Å². The number of aryl methyl sites for hydroxylation is 1. The van der Waals surface area contributed by atoms with Crippen LogP contribution in [-0.2, 0) is 21.4 Å². The fourth-order valence-corrected chi connectivity index (χ4v) is 6.05. The number of hydrogen-bond acceptors (Lipinski definition) is 6. The Hall–Kier alpha value is -2.00. The highest BCUT2D eigenvalue weighted by molar-refractivity contribution is 7.88. The van der Waals surface area contributed by atoms with Gasteiger partial charge in [-0.05, 0) is 62.1 Å². The van der Waals surface area contributed by atoms with Gasteiger partial charge in [0.25, 0.3) is 0 Å². The Bertz CT molecular complexity index is 1020. The van der Waals surface area contributed by atoms with Crippen molar-refractivity contribution in [3.05, 3.63) is 59.4 Å². The molecule has 33 heavy (non-hydrogen) atoms. The third kappa shape index (κ3) is 6.12. The number of pyridine rings is 1. The Kier molecular flexibility index (Phi) is 7.69. The van der Waals surface area contributed by atoms with Crippen molar-refractivity contribution in [2.45, 2.75) is 69.7 Å². The van der Waals surface area contributed by atoms with Gasteiger partial charge in [-0.15, -0.1) is 0 Å². The van der Waals surface area contributed by atoms with E-state index in [4.69, 9.17) is 4.74 Å². The van der Waals surface area contributed by atoms with E-state index in [1.54, 1.807) is 6.20 Å². The summed E-state index contributed by atoms with van der Waals surface area (Å²) in [6.45, 7) is 3.03. The number of anilines is 1. The molecule has 1 aromatic carbocycles. The fourth-order valence-electron chi connectivity index (χ4n) is 5.23. The van der Waals surface area contributed by atoms with Crippen molar-refractivity contribution in [3.8, 4) is 0 Å². The van der Waals surface area contributed by atoms with Crippen LogP contribution in [0.25, 0.3) is 0 Å². The Balaban J connectivity index is 1.42. The van der Waals surface area contributed by atoms with Crippen molar-refractivity contribution in [2.24, 2.45) is 0 Å². The van der Waals surface area contributed by atoms with E-state index in [2.05, 4.69) is 44.9 Å². The molecule has 0 unspecified atom stereocenters. The van der Waals surface area contributed by atoms with Crippen LogP contribution in [0.1, 0.15) is 54.8 Å². The van der Waals surface area contributed by atoms with Gasteiger partial charge in [0.15, 0.2) is 0 Å². The summed E-state index contributed by atoms with van der Waals surface area (Å²) in [6.07, 6.45) is 8.13. The van der Waals surface area contributed by atoms with E-state index in [9.17, 15) is 13.5 Å². The minimum Gasteiger partial charge on any atom is -0.390 e. The normalized spacial score (nSPS) is 26.0. The van der Waals surface area contributed by atoms with E-state index < -0.39 is 10.0 Å². The van der Waals surface area contributed by atoms with Crippen molar-refractivity contribution in [1.29, 1.82) is 0 Å². The Labute approximate surface area is 197 Å². The average Bonchev–Trinajstić information content (AvgIpc) is 3.19. The summed E-state index contributed by atoms with van der Waals surface area (Å²) < 4.78 is 33.2. The number of sulfonamides is 1. The summed E-state index contributed by atoms with van der Waals surface area (Å²) in [5.41, 5.74) is 3.92. The van der Waals surface area contributed by atoms with Gasteiger partial charge in [-0.3, -0.25) is 4.98 Å². The zero-order chi connectivity index (χ0) is 23.4. The van der Waals surface area contributed by atoms with Crippen LogP contribution >= 0.6 is 0 Å². The maximum atomic E-state index is 12.0. The van der Waals surface area contributed by atoms with Gasteiger partial charge in [-0.25, -0.2) is 13.1 Å². The number of aliphatic hydroxyl groups is 1. The van der Waals surface area contributed by atoms with Gasteiger partial charge < -0.3 is 14.7 Å². The summed E-state index contributed by atoms with van der Waals surface area (Å²) in [5, 5.41) is 9.44. The molecule has 0 amide bonds. The van der Waals surface area contributed by atoms with Crippen LogP contribution in [0.3, 0.4) is 0 Å². The number of aromatic nitrogens is 1. The summed E-state index contributed by atoms with van der Waals surface area (Å²) in [5.74, 6) is 0.591. The van der Waals surface area contributed by atoms with Crippen molar-refractivity contribution in [2.75, 3.05) is 24.3 Å². The molecule has 0 radical (unpaired) electrons. The zero-order valence-electron chi connectivity index (χ0n) is 19.5. The van der Waals surface area contributed by atoms with Crippen LogP contribution in [-0.4, -0.2) is 56.1 Å². The van der Waals surface area contributed by atoms with Gasteiger partial charge in [-0.2, -0.15) is 0 Å². The molecule has 1 aromatic heterocycles. The molecule has 0 bridgehead atoms. The van der Waals surface area contributed by atoms with Gasteiger partial charge in [0, 0.05) is 12.6 Å². The number of ether oxygens (including phenoxy) is 1. The molecule has 1 saturated carbocycles. The van der Waals surface area contributed by atoms with Crippen LogP contribution in [0, 0.1) is 6.92 Å². The summed E-state index contributed by atoms with van der Waals surface area (Å²) in [4.78, 5) is 6.59. The molecule has 2 atom stereocenters. The quantitative estimate of drug-likeness (QED) is 0.612. The predicted molar refractivity (Wildman–Crippen MR) is 130 cm³/mol. The first-order valence-electron chi connectivity index (χ1n) is 11.8. The molecule has 2 aromatic rings. The standard InChI is InChI=1S/C25H35N3O4S/c1-18-14-21(15-26-24(18)16-29)28-13-12-23(27-33(2,30)31)25(28)17-32-22-10-8-20(9-11-22)19-6-4-3-5-7-19/h3-7,14-15,20,22-23,25,27,29H,8-13,16-17H2,1-2H3/t20-,22+,23-,25-/m0/s1. The lowest BCUT2D eigenvalue weighted by atomic mass is 9.83. The molecule has 1 aliphatic carbocycles. The van der Waals surface area contributed by atoms with Crippen LogP contribution < -0.4 is 9.62 Å². The zero-order valence-corrected chi connectivity index (χ0v) is 20.3. The van der Waals surface area contributed by atoms with Gasteiger partial charge in [0.1, 0.15) is 0 Å². The number of hydrogen-bond donors (Lipinski definition) is 2. The van der Waals surface area contributed by atoms with Gasteiger partial charge in [0.05, 0.1) is 49.2 Å². The Morgan fingerprint density at radius 3 is 2.52 bits per heavy atom. The maximum Gasteiger partial charge on any atom is 0.209 e. The smallest absolute Gasteiger partial charge is 0.209 e. The van der Waals surface area contributed by atoms with E-state index in [-0.39, 0.29) is 24.8 Å². The first-order valence-corrected chi connectivity index (χ1v) is 13.7. The van der Waals surface area contributed by atoms with E-state index in [0.29, 0.717) is 24.6 Å². The molecule has 7 nitrogen and oxygen atoms in total. The highest BCUT2D eigenvalue weighted by Crippen LogP contribution is 2.35. The van der Waals surface area contributed by atoms with Crippen molar-refractivity contribution in [3.63, 3.8) is 0 Å². The molecule has 2 N–H and O–H groups in total. The van der Waals surface area contributed by atoms with E-state index >= 15 is 0 Å². The maximum absolute atomic E-state index is 12.0. The molecule has 180 valence electrons. The molecule has 2 heterocycles. The van der Waals surface area contributed by atoms with E-state index in [1.165, 1.54) is 11.8 Å². The van der Waals surface area contributed by atoms with E-state index in [0.717, 1.165) is 43.5 Å². The van der Waals surface area contributed by atoms with Gasteiger partial charge in [0.2, 0.25) is 10.0 Å². The van der Waals surface area contributed by atoms with Crippen molar-refractivity contribution < 1.29 is 18.3 Å². The molecular formula is C25H35N3O4S. The largest absolute Gasteiger partial charge is 0.390 e. The number of rotatable bonds is 8. The second-order valence-corrected chi connectivity index (χ2v) is 11.2. The third-order valence-corrected chi connectivity index (χ3v) is 7.74. The minimum absolute atomic E-state index is 0.0947. The predicted octanol–water partition coefficient (Wildman–Crippen LogP) is 3.12. The number of nitrogens with zero attached hydrogens (tertiary/aromatic N) is 2. The summed E-state index contributed by atoms with van der Waals surface area (Å²) in [7, 11) is -3.33. The lowest BCUT2D eigenvalue weighted by molar-refractivity contribution is 0.0157. The lowest BCUT2D eigenvalue weighted by Gasteiger charge is -2.33. The highest BCUT2D eigenvalue weighted by Gasteiger charge is 2.37. The van der Waals surface area contributed by atoms with Crippen molar-refractivity contribution >= 4 is 15.7 Å². The topological polar surface area (TPSA) is 91.8 Å². The lowest BCUT2D eigenvalue weighted by Crippen LogP contribution is -2.48. The van der Waals surface area contributed by atoms with Crippen LogP contribution in [0.4, 0.5) is 5.69 Å². The van der Waals surface area contributed by atoms with Gasteiger partial charge in [-0.1, -0.05) is 30.3 Å². The summed E-state index contributed by atoms with van der Waals surface area (Å²) in [6, 6.07) is 12.4. The third-order valence-electron chi connectivity index (χ3n) is 7.01. The molecule has 1 saturated heterocycles. The molecule has 8 heteroatoms. The fraction of sp³-hybridized carbons (Fsp3) is 0.560. The number of nitrogens with one attached hydrogen (secondary N) is 1. The average molecular weight is 474 g/mol. The molecule has 0 spiro atoms. The second-order valence-electron chi connectivity index (χ2n) is 9.38. The van der Waals surface area contributed by atoms with Crippen LogP contribution in [0.5, 0.6) is 0 Å². The highest BCUT2D eigenvalue weighted by atomic mass is 32.2. The monoisotopic (exact) mass is 473 g/mol. The Morgan fingerprint density at radius 2 is 1.88 bits per heavy atom. The molecular weight excluding hydrogens is 438 g/mol. The first-order chi connectivity index (χ1) is 15.8. The second kappa shape index (κ2) is 10.5. The molecule has 2 fully saturated rings. The first kappa shape index (κ1) is 24.1. The molecule has 2 aliphatic rings. The van der Waals surface area contributed by atoms with Gasteiger partial charge >= 0.3 is 0 Å². The Morgan fingerprint density at radius 1 is 1.15 bits per heavy atom. The SMILES string of the molecule is Cc1cc(N2CC[C@H](NS(C)(=O)=O)[C@@H]2CO[C@H]2CC[C@@H](c3ccccc3)CC2)cnc1CO. The number of benzene rings is 1. The summed E-state index contributed by atoms with van der Waals surface area (Å²) >= 11 is 0.